The number of hydrogen-bond donors (Lipinski definition) is 0. The molecule has 0 radical (unpaired) electrons. The Bertz CT molecular complexity index is 214. The summed E-state index contributed by atoms with van der Waals surface area (Å²) in [6.07, 6.45) is 0. The number of aromatic nitrogens is 2. The van der Waals surface area contributed by atoms with Crippen LogP contribution >= 0.6 is 11.6 Å². The smallest absolute Gasteiger partial charge is 0.241 e. The molecule has 4 nitrogen and oxygen atoms in total. The topological polar surface area (TPSA) is 48.2 Å². The molecule has 0 unspecified atom stereocenters. The highest BCUT2D eigenvalue weighted by atomic mass is 35.5. The summed E-state index contributed by atoms with van der Waals surface area (Å²) in [5.41, 5.74) is 0. The van der Waals surface area contributed by atoms with Crippen LogP contribution in [0.15, 0.2) is 4.52 Å². The van der Waals surface area contributed by atoms with Gasteiger partial charge >= 0.3 is 0 Å². The molecule has 0 fully saturated rings. The van der Waals surface area contributed by atoms with E-state index in [-0.39, 0.29) is 5.88 Å². The minimum atomic E-state index is 0.249. The van der Waals surface area contributed by atoms with Gasteiger partial charge in [-0.1, -0.05) is 5.16 Å². The molecular weight excluding hydrogens is 168 g/mol. The Kier molecular flexibility index (Phi) is 3.32. The number of nitrogens with zero attached hydrogens (tertiary/aromatic N) is 2. The number of rotatable bonds is 4. The first-order valence-corrected chi connectivity index (χ1v) is 3.85. The van der Waals surface area contributed by atoms with Gasteiger partial charge in [-0.05, 0) is 6.92 Å². The monoisotopic (exact) mass is 176 g/mol. The number of alkyl halides is 1. The third-order valence-electron chi connectivity index (χ3n) is 1.06. The fourth-order valence-corrected chi connectivity index (χ4v) is 0.705. The number of hydrogen-bond acceptors (Lipinski definition) is 4. The van der Waals surface area contributed by atoms with Crippen molar-refractivity contribution in [3.05, 3.63) is 11.7 Å². The van der Waals surface area contributed by atoms with E-state index in [1.807, 2.05) is 6.92 Å². The Hall–Kier alpha value is -0.610. The first-order chi connectivity index (χ1) is 5.36. The van der Waals surface area contributed by atoms with E-state index in [1.54, 1.807) is 0 Å². The highest BCUT2D eigenvalue weighted by Crippen LogP contribution is 2.01. The fourth-order valence-electron chi connectivity index (χ4n) is 0.596. The van der Waals surface area contributed by atoms with Crippen molar-refractivity contribution in [3.63, 3.8) is 0 Å². The zero-order valence-corrected chi connectivity index (χ0v) is 6.97. The van der Waals surface area contributed by atoms with Crippen molar-refractivity contribution in [2.45, 2.75) is 19.4 Å². The molecule has 0 aromatic carbocycles. The molecule has 0 amide bonds. The fraction of sp³-hybridized carbons (Fsp3) is 0.667. The molecule has 5 heteroatoms. The molecule has 0 atom stereocenters. The maximum atomic E-state index is 5.44. The number of halogens is 1. The van der Waals surface area contributed by atoms with Gasteiger partial charge in [-0.2, -0.15) is 4.98 Å². The Balaban J connectivity index is 2.44. The van der Waals surface area contributed by atoms with Crippen molar-refractivity contribution in [2.24, 2.45) is 0 Å². The highest BCUT2D eigenvalue weighted by molar-refractivity contribution is 6.16. The zero-order valence-electron chi connectivity index (χ0n) is 6.21. The lowest BCUT2D eigenvalue weighted by molar-refractivity contribution is 0.126. The van der Waals surface area contributed by atoms with Gasteiger partial charge in [-0.3, -0.25) is 0 Å². The van der Waals surface area contributed by atoms with E-state index in [4.69, 9.17) is 20.9 Å². The molecule has 0 saturated carbocycles. The van der Waals surface area contributed by atoms with E-state index >= 15 is 0 Å². The summed E-state index contributed by atoms with van der Waals surface area (Å²) in [6.45, 7) is 2.93. The molecule has 62 valence electrons. The average molecular weight is 177 g/mol. The minimum Gasteiger partial charge on any atom is -0.374 e. The van der Waals surface area contributed by atoms with Crippen molar-refractivity contribution < 1.29 is 9.26 Å². The van der Waals surface area contributed by atoms with Crippen LogP contribution in [0.5, 0.6) is 0 Å². The molecule has 0 N–H and O–H groups in total. The second-order valence-corrected chi connectivity index (χ2v) is 2.14. The Morgan fingerprint density at radius 2 is 2.45 bits per heavy atom. The van der Waals surface area contributed by atoms with Gasteiger partial charge in [0.1, 0.15) is 12.5 Å². The van der Waals surface area contributed by atoms with Gasteiger partial charge in [-0.15, -0.1) is 11.6 Å². The van der Waals surface area contributed by atoms with Crippen molar-refractivity contribution in [2.75, 3.05) is 6.61 Å². The lowest BCUT2D eigenvalue weighted by Crippen LogP contribution is -1.93. The normalized spacial score (nSPS) is 10.4. The highest BCUT2D eigenvalue weighted by Gasteiger charge is 2.03. The standard InChI is InChI=1S/C6H9ClN2O2/c1-2-10-4-5-8-6(3-7)11-9-5/h2-4H2,1H3. The molecule has 0 aliphatic rings. The quantitative estimate of drug-likeness (QED) is 0.650. The summed E-state index contributed by atoms with van der Waals surface area (Å²) in [4.78, 5) is 3.93. The second kappa shape index (κ2) is 4.31. The van der Waals surface area contributed by atoms with Gasteiger partial charge in [0.05, 0.1) is 0 Å². The third kappa shape index (κ3) is 2.48. The van der Waals surface area contributed by atoms with Crippen LogP contribution in [0.4, 0.5) is 0 Å². The summed E-state index contributed by atoms with van der Waals surface area (Å²) in [6, 6.07) is 0. The molecule has 1 aromatic heterocycles. The van der Waals surface area contributed by atoms with Crippen molar-refractivity contribution in [1.82, 2.24) is 10.1 Å². The lowest BCUT2D eigenvalue weighted by atomic mass is 10.6. The summed E-state index contributed by atoms with van der Waals surface area (Å²) < 4.78 is 9.79. The summed E-state index contributed by atoms with van der Waals surface area (Å²) in [7, 11) is 0. The van der Waals surface area contributed by atoms with E-state index in [2.05, 4.69) is 10.1 Å². The van der Waals surface area contributed by atoms with Crippen LogP contribution in [0.1, 0.15) is 18.6 Å². The molecule has 0 aliphatic heterocycles. The van der Waals surface area contributed by atoms with Crippen molar-refractivity contribution in [3.8, 4) is 0 Å². The molecular formula is C6H9ClN2O2. The van der Waals surface area contributed by atoms with Gasteiger partial charge in [-0.25, -0.2) is 0 Å². The summed E-state index contributed by atoms with van der Waals surface area (Å²) in [5.74, 6) is 1.22. The van der Waals surface area contributed by atoms with E-state index in [1.165, 1.54) is 0 Å². The average Bonchev–Trinajstić information content (AvgIpc) is 2.48. The van der Waals surface area contributed by atoms with Gasteiger partial charge in [0.15, 0.2) is 5.82 Å². The second-order valence-electron chi connectivity index (χ2n) is 1.88. The van der Waals surface area contributed by atoms with Crippen LogP contribution in [0.25, 0.3) is 0 Å². The first-order valence-electron chi connectivity index (χ1n) is 3.32. The molecule has 0 bridgehead atoms. The van der Waals surface area contributed by atoms with Gasteiger partial charge in [0, 0.05) is 6.61 Å². The first kappa shape index (κ1) is 8.49. The SMILES string of the molecule is CCOCc1noc(CCl)n1. The molecule has 1 heterocycles. The molecule has 1 rings (SSSR count). The molecule has 0 saturated heterocycles. The Morgan fingerprint density at radius 3 is 3.00 bits per heavy atom. The van der Waals surface area contributed by atoms with Gasteiger partial charge in [0.2, 0.25) is 5.89 Å². The predicted octanol–water partition coefficient (Wildman–Crippen LogP) is 1.34. The van der Waals surface area contributed by atoms with Crippen LogP contribution in [-0.4, -0.2) is 16.7 Å². The molecule has 0 spiro atoms. The van der Waals surface area contributed by atoms with Crippen LogP contribution < -0.4 is 0 Å². The Morgan fingerprint density at radius 1 is 1.64 bits per heavy atom. The van der Waals surface area contributed by atoms with E-state index in [0.29, 0.717) is 24.9 Å². The summed E-state index contributed by atoms with van der Waals surface area (Å²) in [5, 5.41) is 3.63. The molecule has 0 aliphatic carbocycles. The minimum absolute atomic E-state index is 0.249. The van der Waals surface area contributed by atoms with Crippen LogP contribution in [0.2, 0.25) is 0 Å². The lowest BCUT2D eigenvalue weighted by Gasteiger charge is -1.91. The Labute approximate surface area is 69.5 Å². The van der Waals surface area contributed by atoms with Crippen molar-refractivity contribution in [1.29, 1.82) is 0 Å². The maximum absolute atomic E-state index is 5.44. The van der Waals surface area contributed by atoms with E-state index in [9.17, 15) is 0 Å². The molecule has 1 aromatic rings. The molecule has 11 heavy (non-hydrogen) atoms. The van der Waals surface area contributed by atoms with Crippen LogP contribution in [-0.2, 0) is 17.2 Å². The van der Waals surface area contributed by atoms with Crippen LogP contribution in [0, 0.1) is 0 Å². The van der Waals surface area contributed by atoms with Gasteiger partial charge in [0.25, 0.3) is 0 Å². The van der Waals surface area contributed by atoms with Crippen molar-refractivity contribution >= 4 is 11.6 Å². The van der Waals surface area contributed by atoms with Crippen LogP contribution in [0.3, 0.4) is 0 Å². The zero-order chi connectivity index (χ0) is 8.10. The van der Waals surface area contributed by atoms with E-state index in [0.717, 1.165) is 0 Å². The maximum Gasteiger partial charge on any atom is 0.241 e. The third-order valence-corrected chi connectivity index (χ3v) is 1.29. The predicted molar refractivity (Wildman–Crippen MR) is 39.2 cm³/mol. The summed E-state index contributed by atoms with van der Waals surface area (Å²) >= 11 is 5.44. The van der Waals surface area contributed by atoms with Gasteiger partial charge < -0.3 is 9.26 Å². The largest absolute Gasteiger partial charge is 0.374 e. The van der Waals surface area contributed by atoms with E-state index < -0.39 is 0 Å². The number of ether oxygens (including phenoxy) is 1.